The van der Waals surface area contributed by atoms with Crippen LogP contribution in [0.2, 0.25) is 0 Å². The molecular formula is C24H25N3O5S. The lowest BCUT2D eigenvalue weighted by Gasteiger charge is -2.42. The molecule has 33 heavy (non-hydrogen) atoms. The van der Waals surface area contributed by atoms with Gasteiger partial charge in [0, 0.05) is 29.7 Å². The fraction of sp³-hybridized carbons (Fsp3) is 0.333. The van der Waals surface area contributed by atoms with Gasteiger partial charge in [0.05, 0.1) is 57.7 Å². The lowest BCUT2D eigenvalue weighted by atomic mass is 9.85. The number of nitrogens with zero attached hydrogens (tertiary/aromatic N) is 3. The maximum Gasteiger partial charge on any atom is 0.229 e. The molecule has 0 unspecified atom stereocenters. The summed E-state index contributed by atoms with van der Waals surface area (Å²) in [5.41, 5.74) is 2.27. The zero-order chi connectivity index (χ0) is 23.5. The van der Waals surface area contributed by atoms with E-state index in [9.17, 15) is 10.1 Å². The number of allylic oxidation sites excluding steroid dienone is 1. The molecule has 172 valence electrons. The van der Waals surface area contributed by atoms with Crippen LogP contribution < -0.4 is 23.8 Å². The molecule has 9 heteroatoms. The summed E-state index contributed by atoms with van der Waals surface area (Å²) in [5, 5.41) is 10.8. The summed E-state index contributed by atoms with van der Waals surface area (Å²) in [4.78, 5) is 17.0. The third-order valence-corrected chi connectivity index (χ3v) is 7.00. The van der Waals surface area contributed by atoms with Crippen molar-refractivity contribution in [2.45, 2.75) is 12.3 Å². The highest BCUT2D eigenvalue weighted by atomic mass is 32.2. The molecule has 1 atom stereocenters. The molecule has 1 amide bonds. The molecular weight excluding hydrogens is 442 g/mol. The minimum Gasteiger partial charge on any atom is -0.497 e. The molecule has 2 aromatic carbocycles. The molecule has 0 aromatic heterocycles. The predicted octanol–water partition coefficient (Wildman–Crippen LogP) is 3.94. The predicted molar refractivity (Wildman–Crippen MR) is 126 cm³/mol. The van der Waals surface area contributed by atoms with Crippen molar-refractivity contribution in [1.29, 1.82) is 5.26 Å². The highest BCUT2D eigenvalue weighted by Gasteiger charge is 2.39. The van der Waals surface area contributed by atoms with Gasteiger partial charge in [-0.2, -0.15) is 5.26 Å². The van der Waals surface area contributed by atoms with Gasteiger partial charge in [-0.3, -0.25) is 9.69 Å². The Labute approximate surface area is 197 Å². The smallest absolute Gasteiger partial charge is 0.229 e. The van der Waals surface area contributed by atoms with E-state index in [-0.39, 0.29) is 12.3 Å². The van der Waals surface area contributed by atoms with Crippen LogP contribution in [0.5, 0.6) is 23.0 Å². The van der Waals surface area contributed by atoms with Crippen LogP contribution in [0.3, 0.4) is 0 Å². The van der Waals surface area contributed by atoms with Crippen LogP contribution in [0, 0.1) is 11.3 Å². The van der Waals surface area contributed by atoms with Gasteiger partial charge in [-0.25, -0.2) is 0 Å². The van der Waals surface area contributed by atoms with E-state index >= 15 is 0 Å². The van der Waals surface area contributed by atoms with Crippen LogP contribution in [0.25, 0.3) is 0 Å². The maximum atomic E-state index is 13.3. The SMILES string of the molecule is COc1ccc(N2CSC3=C(C#N)[C@@H](c4cc(OC)c(OC)cc4OC)CC(=O)N3C2)cc1. The summed E-state index contributed by atoms with van der Waals surface area (Å²) in [6.07, 6.45) is 0.162. The number of rotatable bonds is 6. The molecule has 2 aliphatic heterocycles. The van der Waals surface area contributed by atoms with Gasteiger partial charge < -0.3 is 23.8 Å². The fourth-order valence-corrected chi connectivity index (χ4v) is 5.28. The van der Waals surface area contributed by atoms with Crippen LogP contribution in [-0.2, 0) is 4.79 Å². The second-order valence-electron chi connectivity index (χ2n) is 7.51. The normalized spacial score (nSPS) is 17.9. The van der Waals surface area contributed by atoms with E-state index in [2.05, 4.69) is 11.0 Å². The zero-order valence-corrected chi connectivity index (χ0v) is 19.8. The Bertz CT molecular complexity index is 1130. The lowest BCUT2D eigenvalue weighted by Crippen LogP contribution is -2.47. The van der Waals surface area contributed by atoms with Crippen molar-refractivity contribution in [1.82, 2.24) is 4.90 Å². The number of benzene rings is 2. The first kappa shape index (κ1) is 22.7. The summed E-state index contributed by atoms with van der Waals surface area (Å²) in [6.45, 7) is 0.383. The van der Waals surface area contributed by atoms with Crippen molar-refractivity contribution in [2.75, 3.05) is 45.9 Å². The lowest BCUT2D eigenvalue weighted by molar-refractivity contribution is -0.129. The minimum atomic E-state index is -0.427. The van der Waals surface area contributed by atoms with Crippen LogP contribution in [0.4, 0.5) is 5.69 Å². The van der Waals surface area contributed by atoms with Gasteiger partial charge in [-0.05, 0) is 30.3 Å². The quantitative estimate of drug-likeness (QED) is 0.632. The van der Waals surface area contributed by atoms with Crippen LogP contribution in [0.15, 0.2) is 47.0 Å². The molecule has 0 saturated carbocycles. The summed E-state index contributed by atoms with van der Waals surface area (Å²) in [5.74, 6) is 2.51. The van der Waals surface area contributed by atoms with Gasteiger partial charge in [-0.15, -0.1) is 0 Å². The molecule has 0 bridgehead atoms. The van der Waals surface area contributed by atoms with E-state index in [1.165, 1.54) is 11.8 Å². The van der Waals surface area contributed by atoms with Gasteiger partial charge in [0.25, 0.3) is 0 Å². The van der Waals surface area contributed by atoms with Crippen molar-refractivity contribution in [3.05, 3.63) is 52.6 Å². The zero-order valence-electron chi connectivity index (χ0n) is 19.0. The highest BCUT2D eigenvalue weighted by Crippen LogP contribution is 2.47. The number of carbonyl (C=O) groups excluding carboxylic acids is 1. The molecule has 8 nitrogen and oxygen atoms in total. The number of hydrogen-bond donors (Lipinski definition) is 0. The highest BCUT2D eigenvalue weighted by molar-refractivity contribution is 8.03. The Hall–Kier alpha value is -3.51. The van der Waals surface area contributed by atoms with Crippen molar-refractivity contribution in [3.63, 3.8) is 0 Å². The summed E-state index contributed by atoms with van der Waals surface area (Å²) in [7, 11) is 6.29. The maximum absolute atomic E-state index is 13.3. The second-order valence-corrected chi connectivity index (χ2v) is 8.44. The molecule has 4 rings (SSSR count). The summed E-state index contributed by atoms with van der Waals surface area (Å²) < 4.78 is 21.6. The van der Waals surface area contributed by atoms with Gasteiger partial charge in [0.15, 0.2) is 11.5 Å². The van der Waals surface area contributed by atoms with Crippen LogP contribution in [0.1, 0.15) is 17.9 Å². The number of thioether (sulfide) groups is 1. The van der Waals surface area contributed by atoms with Gasteiger partial charge in [-0.1, -0.05) is 11.8 Å². The van der Waals surface area contributed by atoms with Gasteiger partial charge >= 0.3 is 0 Å². The summed E-state index contributed by atoms with van der Waals surface area (Å²) >= 11 is 1.49. The molecule has 0 aliphatic carbocycles. The Balaban J connectivity index is 1.69. The van der Waals surface area contributed by atoms with E-state index in [4.69, 9.17) is 18.9 Å². The number of fused-ring (bicyclic) bond motifs is 1. The second kappa shape index (κ2) is 9.55. The van der Waals surface area contributed by atoms with E-state index in [1.54, 1.807) is 45.5 Å². The Kier molecular flexibility index (Phi) is 6.56. The Morgan fingerprint density at radius 2 is 1.64 bits per heavy atom. The Morgan fingerprint density at radius 3 is 2.24 bits per heavy atom. The number of carbonyl (C=O) groups is 1. The third kappa shape index (κ3) is 4.14. The monoisotopic (exact) mass is 467 g/mol. The molecule has 2 aromatic rings. The average molecular weight is 468 g/mol. The number of nitriles is 1. The number of amides is 1. The van der Waals surface area contributed by atoms with Gasteiger partial charge in [0.2, 0.25) is 5.91 Å². The van der Waals surface area contributed by atoms with E-state index in [0.29, 0.717) is 40.4 Å². The topological polar surface area (TPSA) is 84.3 Å². The number of methoxy groups -OCH3 is 4. The molecule has 1 fully saturated rings. The standard InChI is InChI=1S/C24H25N3O5S/c1-29-16-7-5-15(6-8-16)26-13-27-23(28)10-17(19(12-25)24(27)33-14-26)18-9-21(31-3)22(32-4)11-20(18)30-2/h5-9,11,17H,10,13-14H2,1-4H3/t17-/m1/s1. The van der Waals surface area contributed by atoms with E-state index < -0.39 is 5.92 Å². The van der Waals surface area contributed by atoms with E-state index in [0.717, 1.165) is 17.0 Å². The van der Waals surface area contributed by atoms with Crippen LogP contribution in [-0.4, -0.2) is 51.8 Å². The molecule has 2 heterocycles. The van der Waals surface area contributed by atoms with Crippen molar-refractivity contribution < 1.29 is 23.7 Å². The van der Waals surface area contributed by atoms with Crippen molar-refractivity contribution in [3.8, 4) is 29.1 Å². The minimum absolute atomic E-state index is 0.0449. The number of anilines is 1. The van der Waals surface area contributed by atoms with Gasteiger partial charge in [0.1, 0.15) is 11.5 Å². The van der Waals surface area contributed by atoms with E-state index in [1.807, 2.05) is 24.3 Å². The third-order valence-electron chi connectivity index (χ3n) is 5.84. The molecule has 1 saturated heterocycles. The first-order valence-corrected chi connectivity index (χ1v) is 11.3. The first-order chi connectivity index (χ1) is 16.0. The number of hydrogen-bond acceptors (Lipinski definition) is 8. The molecule has 0 radical (unpaired) electrons. The molecule has 0 N–H and O–H groups in total. The molecule has 0 spiro atoms. The van der Waals surface area contributed by atoms with Crippen LogP contribution >= 0.6 is 11.8 Å². The largest absolute Gasteiger partial charge is 0.497 e. The Morgan fingerprint density at radius 1 is 0.970 bits per heavy atom. The van der Waals surface area contributed by atoms with Crippen molar-refractivity contribution >= 4 is 23.4 Å². The fourth-order valence-electron chi connectivity index (χ4n) is 4.11. The average Bonchev–Trinajstić information content (AvgIpc) is 2.87. The molecule has 2 aliphatic rings. The first-order valence-electron chi connectivity index (χ1n) is 10.3. The van der Waals surface area contributed by atoms with Crippen molar-refractivity contribution in [2.24, 2.45) is 0 Å². The summed E-state index contributed by atoms with van der Waals surface area (Å²) in [6, 6.07) is 13.6. The number of ether oxygens (including phenoxy) is 4.